The molecule has 0 spiro atoms. The van der Waals surface area contributed by atoms with Gasteiger partial charge in [-0.05, 0) is 37.7 Å². The largest absolute Gasteiger partial charge is 0.493 e. The maximum atomic E-state index is 12.2. The molecule has 3 heterocycles. The number of hydrogen-bond acceptors (Lipinski definition) is 8. The summed E-state index contributed by atoms with van der Waals surface area (Å²) in [4.78, 5) is 24.0. The Morgan fingerprint density at radius 2 is 1.94 bits per heavy atom. The van der Waals surface area contributed by atoms with E-state index in [4.69, 9.17) is 14.5 Å². The van der Waals surface area contributed by atoms with Crippen molar-refractivity contribution in [2.45, 2.75) is 31.0 Å². The zero-order valence-electron chi connectivity index (χ0n) is 18.4. The molecule has 1 fully saturated rings. The third kappa shape index (κ3) is 5.07. The molecule has 1 aliphatic heterocycles. The van der Waals surface area contributed by atoms with Crippen LogP contribution in [0.5, 0.6) is 11.5 Å². The standard InChI is InChI=1S/C22H28N6O3S/c1-30-17-8-4-5-9-18(17)31-15-19(29)23-10-13-28-21-16(14-24-28)20(25-22(26-21)32-2)27-11-6-3-7-12-27/h4-5,8-9,14H,3,6-7,10-13,15H2,1-2H3,(H,23,29). The Balaban J connectivity index is 1.38. The van der Waals surface area contributed by atoms with E-state index in [0.717, 1.165) is 35.1 Å². The monoisotopic (exact) mass is 456 g/mol. The summed E-state index contributed by atoms with van der Waals surface area (Å²) in [7, 11) is 1.57. The van der Waals surface area contributed by atoms with Crippen molar-refractivity contribution in [1.29, 1.82) is 0 Å². The number of para-hydroxylation sites is 2. The van der Waals surface area contributed by atoms with Crippen LogP contribution in [0.25, 0.3) is 11.0 Å². The number of benzene rings is 1. The van der Waals surface area contributed by atoms with Crippen LogP contribution in [0.4, 0.5) is 5.82 Å². The van der Waals surface area contributed by atoms with E-state index in [1.54, 1.807) is 19.2 Å². The molecule has 0 saturated carbocycles. The Hall–Kier alpha value is -3.01. The third-order valence-electron chi connectivity index (χ3n) is 5.37. The molecule has 1 aliphatic rings. The number of rotatable bonds is 9. The van der Waals surface area contributed by atoms with Gasteiger partial charge in [-0.15, -0.1) is 0 Å². The van der Waals surface area contributed by atoms with Gasteiger partial charge in [0.05, 0.1) is 25.2 Å². The molecule has 170 valence electrons. The molecule has 2 aromatic heterocycles. The van der Waals surface area contributed by atoms with Crippen molar-refractivity contribution >= 4 is 34.5 Å². The minimum Gasteiger partial charge on any atom is -0.493 e. The first-order valence-electron chi connectivity index (χ1n) is 10.7. The van der Waals surface area contributed by atoms with E-state index >= 15 is 0 Å². The Bertz CT molecular complexity index is 1070. The number of carbonyl (C=O) groups is 1. The fourth-order valence-corrected chi connectivity index (χ4v) is 4.11. The van der Waals surface area contributed by atoms with E-state index in [2.05, 4.69) is 20.3 Å². The summed E-state index contributed by atoms with van der Waals surface area (Å²) in [5.74, 6) is 1.88. The van der Waals surface area contributed by atoms with E-state index < -0.39 is 0 Å². The molecule has 0 unspecified atom stereocenters. The predicted octanol–water partition coefficient (Wildman–Crippen LogP) is 2.74. The summed E-state index contributed by atoms with van der Waals surface area (Å²) in [5, 5.41) is 9.08. The highest BCUT2D eigenvalue weighted by atomic mass is 32.2. The van der Waals surface area contributed by atoms with Crippen molar-refractivity contribution in [3.8, 4) is 11.5 Å². The Kier molecular flexibility index (Phi) is 7.31. The molecule has 1 aromatic carbocycles. The van der Waals surface area contributed by atoms with Gasteiger partial charge in [0.15, 0.2) is 28.9 Å². The van der Waals surface area contributed by atoms with Crippen molar-refractivity contribution < 1.29 is 14.3 Å². The predicted molar refractivity (Wildman–Crippen MR) is 125 cm³/mol. The number of nitrogens with one attached hydrogen (secondary N) is 1. The topological polar surface area (TPSA) is 94.4 Å². The third-order valence-corrected chi connectivity index (χ3v) is 5.92. The molecule has 1 saturated heterocycles. The number of thioether (sulfide) groups is 1. The van der Waals surface area contributed by atoms with Crippen LogP contribution in [-0.4, -0.2) is 65.3 Å². The van der Waals surface area contributed by atoms with Gasteiger partial charge in [0.1, 0.15) is 5.82 Å². The van der Waals surface area contributed by atoms with Crippen molar-refractivity contribution in [2.24, 2.45) is 0 Å². The highest BCUT2D eigenvalue weighted by Crippen LogP contribution is 2.28. The highest BCUT2D eigenvalue weighted by molar-refractivity contribution is 7.98. The second-order valence-corrected chi connectivity index (χ2v) is 8.25. The lowest BCUT2D eigenvalue weighted by atomic mass is 10.1. The lowest BCUT2D eigenvalue weighted by Gasteiger charge is -2.28. The molecule has 9 nitrogen and oxygen atoms in total. The van der Waals surface area contributed by atoms with E-state index in [9.17, 15) is 4.79 Å². The molecular formula is C22H28N6O3S. The second-order valence-electron chi connectivity index (χ2n) is 7.48. The number of aromatic nitrogens is 4. The minimum atomic E-state index is -0.208. The van der Waals surface area contributed by atoms with Gasteiger partial charge in [-0.1, -0.05) is 23.9 Å². The van der Waals surface area contributed by atoms with Gasteiger partial charge in [-0.2, -0.15) is 5.10 Å². The Morgan fingerprint density at radius 3 is 2.69 bits per heavy atom. The second kappa shape index (κ2) is 10.5. The fourth-order valence-electron chi connectivity index (χ4n) is 3.76. The summed E-state index contributed by atoms with van der Waals surface area (Å²) >= 11 is 1.52. The minimum absolute atomic E-state index is 0.0852. The summed E-state index contributed by atoms with van der Waals surface area (Å²) in [6.07, 6.45) is 7.42. The molecular weight excluding hydrogens is 428 g/mol. The van der Waals surface area contributed by atoms with Crippen molar-refractivity contribution in [1.82, 2.24) is 25.1 Å². The highest BCUT2D eigenvalue weighted by Gasteiger charge is 2.19. The van der Waals surface area contributed by atoms with Crippen LogP contribution in [0.1, 0.15) is 19.3 Å². The number of piperidine rings is 1. The molecule has 32 heavy (non-hydrogen) atoms. The number of hydrogen-bond donors (Lipinski definition) is 1. The number of anilines is 1. The molecule has 0 atom stereocenters. The van der Waals surface area contributed by atoms with Gasteiger partial charge in [0, 0.05) is 19.6 Å². The normalized spacial score (nSPS) is 13.9. The van der Waals surface area contributed by atoms with Crippen LogP contribution in [0, 0.1) is 0 Å². The van der Waals surface area contributed by atoms with E-state index in [1.165, 1.54) is 31.0 Å². The van der Waals surface area contributed by atoms with E-state index in [1.807, 2.05) is 29.3 Å². The summed E-state index contributed by atoms with van der Waals surface area (Å²) in [6.45, 7) is 2.86. The van der Waals surface area contributed by atoms with Gasteiger partial charge < -0.3 is 19.7 Å². The van der Waals surface area contributed by atoms with Gasteiger partial charge in [-0.25, -0.2) is 14.6 Å². The van der Waals surface area contributed by atoms with Crippen LogP contribution in [0.15, 0.2) is 35.6 Å². The van der Waals surface area contributed by atoms with Gasteiger partial charge in [-0.3, -0.25) is 4.79 Å². The van der Waals surface area contributed by atoms with Crippen molar-refractivity contribution in [2.75, 3.05) is 44.5 Å². The van der Waals surface area contributed by atoms with Crippen LogP contribution in [-0.2, 0) is 11.3 Å². The average molecular weight is 457 g/mol. The molecule has 10 heteroatoms. The zero-order valence-corrected chi connectivity index (χ0v) is 19.2. The number of methoxy groups -OCH3 is 1. The van der Waals surface area contributed by atoms with Crippen molar-refractivity contribution in [3.05, 3.63) is 30.5 Å². The van der Waals surface area contributed by atoms with Crippen molar-refractivity contribution in [3.63, 3.8) is 0 Å². The maximum Gasteiger partial charge on any atom is 0.258 e. The number of nitrogens with zero attached hydrogens (tertiary/aromatic N) is 5. The number of amides is 1. The number of fused-ring (bicyclic) bond motifs is 1. The van der Waals surface area contributed by atoms with E-state index in [0.29, 0.717) is 24.6 Å². The quantitative estimate of drug-likeness (QED) is 0.388. The first-order chi connectivity index (χ1) is 15.7. The maximum absolute atomic E-state index is 12.2. The molecule has 0 bridgehead atoms. The van der Waals surface area contributed by atoms with Gasteiger partial charge >= 0.3 is 0 Å². The van der Waals surface area contributed by atoms with Crippen LogP contribution >= 0.6 is 11.8 Å². The molecule has 3 aromatic rings. The number of ether oxygens (including phenoxy) is 2. The SMILES string of the molecule is COc1ccccc1OCC(=O)NCCn1ncc2c(N3CCCCC3)nc(SC)nc21. The van der Waals surface area contributed by atoms with E-state index in [-0.39, 0.29) is 12.5 Å². The Morgan fingerprint density at radius 1 is 1.16 bits per heavy atom. The first-order valence-corrected chi connectivity index (χ1v) is 12.0. The first kappa shape index (κ1) is 22.2. The average Bonchev–Trinajstić information content (AvgIpc) is 3.25. The summed E-state index contributed by atoms with van der Waals surface area (Å²) in [6, 6.07) is 7.24. The molecule has 1 N–H and O–H groups in total. The summed E-state index contributed by atoms with van der Waals surface area (Å²) < 4.78 is 12.6. The molecule has 1 amide bonds. The smallest absolute Gasteiger partial charge is 0.258 e. The lowest BCUT2D eigenvalue weighted by Crippen LogP contribution is -2.32. The summed E-state index contributed by atoms with van der Waals surface area (Å²) in [5.41, 5.74) is 0.796. The number of carbonyl (C=O) groups excluding carboxylic acids is 1. The molecule has 4 rings (SSSR count). The lowest BCUT2D eigenvalue weighted by molar-refractivity contribution is -0.123. The molecule has 0 radical (unpaired) electrons. The van der Waals surface area contributed by atoms with Crippen LogP contribution < -0.4 is 19.7 Å². The van der Waals surface area contributed by atoms with Gasteiger partial charge in [0.2, 0.25) is 0 Å². The fraction of sp³-hybridized carbons (Fsp3) is 0.455. The Labute approximate surface area is 191 Å². The zero-order chi connectivity index (χ0) is 22.3. The van der Waals surface area contributed by atoms with Crippen LogP contribution in [0.2, 0.25) is 0 Å². The van der Waals surface area contributed by atoms with Crippen LogP contribution in [0.3, 0.4) is 0 Å². The molecule has 0 aliphatic carbocycles. The van der Waals surface area contributed by atoms with Gasteiger partial charge in [0.25, 0.3) is 5.91 Å².